The fourth-order valence-electron chi connectivity index (χ4n) is 10.1. The van der Waals surface area contributed by atoms with E-state index in [4.69, 9.17) is 18.9 Å². The Bertz CT molecular complexity index is 1000. The maximum absolute atomic E-state index is 12.4. The van der Waals surface area contributed by atoms with Crippen molar-refractivity contribution in [3.05, 3.63) is 11.6 Å². The van der Waals surface area contributed by atoms with E-state index in [2.05, 4.69) is 13.8 Å². The van der Waals surface area contributed by atoms with Crippen molar-refractivity contribution in [2.75, 3.05) is 13.7 Å². The van der Waals surface area contributed by atoms with E-state index in [1.807, 2.05) is 0 Å². The van der Waals surface area contributed by atoms with Gasteiger partial charge in [-0.15, -0.1) is 0 Å². The first-order chi connectivity index (χ1) is 18.4. The van der Waals surface area contributed by atoms with E-state index < -0.39 is 42.4 Å². The van der Waals surface area contributed by atoms with E-state index in [0.29, 0.717) is 19.4 Å². The van der Waals surface area contributed by atoms with Crippen LogP contribution in [0.1, 0.15) is 72.1 Å². The van der Waals surface area contributed by atoms with Crippen LogP contribution in [0.3, 0.4) is 0 Å². The van der Waals surface area contributed by atoms with Gasteiger partial charge in [-0.25, -0.2) is 4.79 Å². The fraction of sp³-hybridized carbons (Fsp3) is 0.900. The molecule has 0 spiro atoms. The zero-order valence-corrected chi connectivity index (χ0v) is 23.6. The molecule has 2 unspecified atom stereocenters. The Hall–Kier alpha value is -1.07. The number of cyclic esters (lactones) is 1. The minimum Gasteiger partial charge on any atom is -0.458 e. The Labute approximate surface area is 230 Å². The molecule has 39 heavy (non-hydrogen) atoms. The van der Waals surface area contributed by atoms with Crippen LogP contribution in [0.2, 0.25) is 0 Å². The standard InChI is InChI=1S/C30H46O9/c1-15-24(33)26(36-4)25(34)27(38-15)39-18-12-17-5-6-21-20(29(17,3)22(31)13-18)7-9-28(2)19(8-10-30(21,28)35)16-11-23(32)37-14-16/h11,15,17-22,24-27,31,33-35H,5-10,12-14H2,1-4H3/t15-,17+,18+,19+,20?,21?,22+,24+,25+,26+,27-,28+,29-,30-/m0/s1. The highest BCUT2D eigenvalue weighted by Crippen LogP contribution is 2.70. The number of rotatable bonds is 4. The zero-order chi connectivity index (χ0) is 27.9. The van der Waals surface area contributed by atoms with Crippen LogP contribution >= 0.6 is 0 Å². The normalized spacial score (nSPS) is 55.3. The molecule has 2 heterocycles. The van der Waals surface area contributed by atoms with Gasteiger partial charge in [-0.2, -0.15) is 0 Å². The van der Waals surface area contributed by atoms with E-state index in [-0.39, 0.29) is 46.6 Å². The summed E-state index contributed by atoms with van der Waals surface area (Å²) in [6.45, 7) is 6.49. The zero-order valence-electron chi connectivity index (χ0n) is 23.6. The Kier molecular flexibility index (Phi) is 7.02. The van der Waals surface area contributed by atoms with Gasteiger partial charge < -0.3 is 39.4 Å². The van der Waals surface area contributed by atoms with Gasteiger partial charge in [0.2, 0.25) is 0 Å². The average Bonchev–Trinajstić information content (AvgIpc) is 3.43. The number of hydrogen-bond donors (Lipinski definition) is 4. The molecule has 4 N–H and O–H groups in total. The highest BCUT2D eigenvalue weighted by molar-refractivity contribution is 5.85. The summed E-state index contributed by atoms with van der Waals surface area (Å²) in [7, 11) is 1.45. The molecule has 5 fully saturated rings. The lowest BCUT2D eigenvalue weighted by molar-refractivity contribution is -0.317. The first-order valence-corrected chi connectivity index (χ1v) is 14.9. The summed E-state index contributed by atoms with van der Waals surface area (Å²) in [5, 5.41) is 45.2. The second-order valence-electron chi connectivity index (χ2n) is 13.8. The number of fused-ring (bicyclic) bond motifs is 5. The van der Waals surface area contributed by atoms with Crippen molar-refractivity contribution in [2.45, 2.75) is 121 Å². The van der Waals surface area contributed by atoms with Crippen LogP contribution in [0.5, 0.6) is 0 Å². The largest absolute Gasteiger partial charge is 0.458 e. The first-order valence-electron chi connectivity index (χ1n) is 14.9. The Morgan fingerprint density at radius 2 is 1.77 bits per heavy atom. The molecular weight excluding hydrogens is 504 g/mol. The van der Waals surface area contributed by atoms with Crippen molar-refractivity contribution in [2.24, 2.45) is 34.5 Å². The lowest BCUT2D eigenvalue weighted by atomic mass is 9.42. The Morgan fingerprint density at radius 1 is 1.00 bits per heavy atom. The molecule has 4 saturated carbocycles. The molecule has 4 aliphatic carbocycles. The van der Waals surface area contributed by atoms with Gasteiger partial charge in [0.05, 0.1) is 23.9 Å². The summed E-state index contributed by atoms with van der Waals surface area (Å²) >= 11 is 0. The number of aliphatic hydroxyl groups excluding tert-OH is 3. The summed E-state index contributed by atoms with van der Waals surface area (Å²) < 4.78 is 22.6. The average molecular weight is 551 g/mol. The molecule has 9 nitrogen and oxygen atoms in total. The summed E-state index contributed by atoms with van der Waals surface area (Å²) in [6, 6.07) is 0. The second kappa shape index (κ2) is 9.75. The predicted octanol–water partition coefficient (Wildman–Crippen LogP) is 2.08. The summed E-state index contributed by atoms with van der Waals surface area (Å²) in [5.41, 5.74) is -0.455. The van der Waals surface area contributed by atoms with Crippen molar-refractivity contribution in [1.29, 1.82) is 0 Å². The number of hydrogen-bond acceptors (Lipinski definition) is 9. The number of ether oxygens (including phenoxy) is 4. The monoisotopic (exact) mass is 550 g/mol. The van der Waals surface area contributed by atoms with Crippen molar-refractivity contribution < 1.29 is 44.2 Å². The van der Waals surface area contributed by atoms with Crippen LogP contribution < -0.4 is 0 Å². The molecule has 9 heteroatoms. The van der Waals surface area contributed by atoms with Crippen LogP contribution in [0.25, 0.3) is 0 Å². The van der Waals surface area contributed by atoms with E-state index in [0.717, 1.165) is 44.1 Å². The molecule has 0 amide bonds. The van der Waals surface area contributed by atoms with Gasteiger partial charge in [0.1, 0.15) is 24.9 Å². The summed E-state index contributed by atoms with van der Waals surface area (Å²) in [6.07, 6.45) is 2.74. The number of aliphatic hydroxyl groups is 4. The second-order valence-corrected chi connectivity index (χ2v) is 13.8. The minimum atomic E-state index is -1.13. The van der Waals surface area contributed by atoms with Gasteiger partial charge in [0.25, 0.3) is 0 Å². The van der Waals surface area contributed by atoms with Gasteiger partial charge in [-0.1, -0.05) is 13.8 Å². The van der Waals surface area contributed by atoms with Crippen molar-refractivity contribution in [1.82, 2.24) is 0 Å². The molecule has 6 rings (SSSR count). The minimum absolute atomic E-state index is 0.0986. The smallest absolute Gasteiger partial charge is 0.331 e. The molecule has 2 aliphatic heterocycles. The highest BCUT2D eigenvalue weighted by Gasteiger charge is 2.69. The maximum atomic E-state index is 12.4. The number of carbonyl (C=O) groups excluding carboxylic acids is 1. The molecule has 0 aromatic heterocycles. The van der Waals surface area contributed by atoms with Crippen LogP contribution in [0.15, 0.2) is 11.6 Å². The number of carbonyl (C=O) groups is 1. The van der Waals surface area contributed by atoms with Crippen molar-refractivity contribution >= 4 is 5.97 Å². The fourth-order valence-corrected chi connectivity index (χ4v) is 10.1. The topological polar surface area (TPSA) is 135 Å². The van der Waals surface area contributed by atoms with Gasteiger partial charge in [-0.3, -0.25) is 0 Å². The Balaban J connectivity index is 1.19. The van der Waals surface area contributed by atoms with E-state index >= 15 is 0 Å². The molecular formula is C30H46O9. The van der Waals surface area contributed by atoms with E-state index in [1.165, 1.54) is 7.11 Å². The number of esters is 1. The van der Waals surface area contributed by atoms with Crippen LogP contribution in [-0.2, 0) is 23.7 Å². The molecule has 14 atom stereocenters. The van der Waals surface area contributed by atoms with Crippen LogP contribution in [0.4, 0.5) is 0 Å². The van der Waals surface area contributed by atoms with Gasteiger partial charge in [0.15, 0.2) is 6.29 Å². The molecule has 0 bridgehead atoms. The van der Waals surface area contributed by atoms with Crippen LogP contribution in [0, 0.1) is 34.5 Å². The summed E-state index contributed by atoms with van der Waals surface area (Å²) in [4.78, 5) is 11.8. The Morgan fingerprint density at radius 3 is 2.46 bits per heavy atom. The lowest BCUT2D eigenvalue weighted by Crippen LogP contribution is -2.65. The molecule has 0 aromatic carbocycles. The maximum Gasteiger partial charge on any atom is 0.331 e. The highest BCUT2D eigenvalue weighted by atomic mass is 16.7. The molecule has 0 radical (unpaired) electrons. The molecule has 6 aliphatic rings. The van der Waals surface area contributed by atoms with Crippen LogP contribution in [-0.4, -0.2) is 88.6 Å². The first kappa shape index (κ1) is 28.1. The van der Waals surface area contributed by atoms with Gasteiger partial charge >= 0.3 is 5.97 Å². The lowest BCUT2D eigenvalue weighted by Gasteiger charge is -2.64. The van der Waals surface area contributed by atoms with E-state index in [9.17, 15) is 25.2 Å². The number of methoxy groups -OCH3 is 1. The molecule has 0 aromatic rings. The quantitative estimate of drug-likeness (QED) is 0.307. The van der Waals surface area contributed by atoms with Crippen molar-refractivity contribution in [3.63, 3.8) is 0 Å². The third-order valence-corrected chi connectivity index (χ3v) is 12.4. The predicted molar refractivity (Wildman–Crippen MR) is 139 cm³/mol. The van der Waals surface area contributed by atoms with E-state index in [1.54, 1.807) is 13.0 Å². The van der Waals surface area contributed by atoms with Crippen molar-refractivity contribution in [3.8, 4) is 0 Å². The van der Waals surface area contributed by atoms with Gasteiger partial charge in [-0.05, 0) is 86.5 Å². The third-order valence-electron chi connectivity index (χ3n) is 12.4. The molecule has 1 saturated heterocycles. The summed E-state index contributed by atoms with van der Waals surface area (Å²) in [5.74, 6) is 0.393. The molecule has 220 valence electrons. The SMILES string of the molecule is CO[C@H]1[C@@H](O)[C@H](O[C@@H]2C[C@H]3CCC4C(CC[C@]5(C)[C@@H](C6=CC(=O)OC6)CC[C@]45O)[C@@]3(C)[C@H](O)C2)O[C@@H](C)[C@H]1O. The third kappa shape index (κ3) is 4.02. The van der Waals surface area contributed by atoms with Gasteiger partial charge in [0, 0.05) is 25.0 Å².